The molecular formula is C26H35ClN7O7S. The molecule has 0 unspecified atom stereocenters. The molecule has 42 heavy (non-hydrogen) atoms. The second kappa shape index (κ2) is 15.9. The van der Waals surface area contributed by atoms with Gasteiger partial charge < -0.3 is 31.7 Å². The highest BCUT2D eigenvalue weighted by molar-refractivity contribution is 7.89. The normalized spacial score (nSPS) is 12.6. The van der Waals surface area contributed by atoms with E-state index in [2.05, 4.69) is 20.7 Å². The summed E-state index contributed by atoms with van der Waals surface area (Å²) in [5.41, 5.74) is 5.98. The van der Waals surface area contributed by atoms with Crippen molar-refractivity contribution >= 4 is 67.6 Å². The molecule has 0 aromatic heterocycles. The number of Topliss-reactive ketones (excluding diaryl/α,β-unsaturated/α-hetero) is 1. The minimum absolute atomic E-state index is 0.104. The first-order chi connectivity index (χ1) is 19.8. The van der Waals surface area contributed by atoms with E-state index in [1.54, 1.807) is 24.3 Å². The molecule has 0 aliphatic rings. The number of anilines is 1. The average Bonchev–Trinajstić information content (AvgIpc) is 2.93. The number of hydrogen-bond donors (Lipinski definition) is 7. The van der Waals surface area contributed by atoms with Crippen LogP contribution in [0.1, 0.15) is 25.7 Å². The zero-order valence-electron chi connectivity index (χ0n) is 23.1. The number of aliphatic carboxylic acids is 1. The van der Waals surface area contributed by atoms with Crippen molar-refractivity contribution in [3.8, 4) is 0 Å². The number of carboxylic acid groups (broad SMARTS) is 1. The van der Waals surface area contributed by atoms with Gasteiger partial charge in [0.05, 0.1) is 17.5 Å². The van der Waals surface area contributed by atoms with Crippen molar-refractivity contribution in [3.05, 3.63) is 42.3 Å². The molecule has 0 aliphatic heterocycles. The van der Waals surface area contributed by atoms with Crippen molar-refractivity contribution in [2.75, 3.05) is 32.1 Å². The number of carboxylic acids is 1. The third kappa shape index (κ3) is 10.2. The van der Waals surface area contributed by atoms with Gasteiger partial charge >= 0.3 is 5.97 Å². The van der Waals surface area contributed by atoms with Crippen LogP contribution in [0.2, 0.25) is 0 Å². The number of benzene rings is 2. The second-order valence-electron chi connectivity index (χ2n) is 9.46. The summed E-state index contributed by atoms with van der Waals surface area (Å²) < 4.78 is 29.2. The van der Waals surface area contributed by atoms with E-state index in [1.165, 1.54) is 6.07 Å². The SMILES string of the molecule is CN(C)c1cccc2c(S(=O)(=O)N[C@@H](CCC(=O)O)C(=O)NCC(=O)N[C@@H](CCCNC(=N)N)C(=O)[CH]Cl)cccc12. The van der Waals surface area contributed by atoms with Crippen LogP contribution >= 0.6 is 11.6 Å². The summed E-state index contributed by atoms with van der Waals surface area (Å²) in [4.78, 5) is 50.5. The zero-order chi connectivity index (χ0) is 31.4. The Morgan fingerprint density at radius 3 is 2.33 bits per heavy atom. The average molecular weight is 625 g/mol. The Hall–Kier alpha value is -3.95. The van der Waals surface area contributed by atoms with E-state index in [-0.39, 0.29) is 30.2 Å². The summed E-state index contributed by atoms with van der Waals surface area (Å²) in [5.74, 6) is -3.00. The summed E-state index contributed by atoms with van der Waals surface area (Å²) >= 11 is 5.51. The van der Waals surface area contributed by atoms with Crippen molar-refractivity contribution in [1.82, 2.24) is 20.7 Å². The first-order valence-corrected chi connectivity index (χ1v) is 14.7. The minimum atomic E-state index is -4.33. The largest absolute Gasteiger partial charge is 0.481 e. The molecule has 2 aromatic rings. The number of sulfonamides is 1. The Labute approximate surface area is 248 Å². The fraction of sp³-hybridized carbons (Fsp3) is 0.385. The highest BCUT2D eigenvalue weighted by Crippen LogP contribution is 2.30. The molecule has 229 valence electrons. The summed E-state index contributed by atoms with van der Waals surface area (Å²) in [6, 6.07) is 7.32. The van der Waals surface area contributed by atoms with Gasteiger partial charge in [0.2, 0.25) is 21.8 Å². The first kappa shape index (κ1) is 34.3. The molecule has 0 aliphatic carbocycles. The Kier molecular flexibility index (Phi) is 13.0. The molecule has 0 bridgehead atoms. The highest BCUT2D eigenvalue weighted by atomic mass is 35.5. The van der Waals surface area contributed by atoms with Crippen LogP contribution in [-0.4, -0.2) is 82.3 Å². The fourth-order valence-corrected chi connectivity index (χ4v) is 5.68. The van der Waals surface area contributed by atoms with Gasteiger partial charge in [0, 0.05) is 43.5 Å². The lowest BCUT2D eigenvalue weighted by Crippen LogP contribution is -2.50. The summed E-state index contributed by atoms with van der Waals surface area (Å²) in [5, 5.41) is 24.7. The summed E-state index contributed by atoms with van der Waals surface area (Å²) in [6.07, 6.45) is -0.398. The number of nitrogens with one attached hydrogen (secondary N) is 5. The topological polar surface area (TPSA) is 224 Å². The summed E-state index contributed by atoms with van der Waals surface area (Å²) in [6.45, 7) is -0.352. The number of carbonyl (C=O) groups is 4. The third-order valence-corrected chi connectivity index (χ3v) is 7.83. The van der Waals surface area contributed by atoms with Gasteiger partial charge in [0.15, 0.2) is 11.7 Å². The number of hydrogen-bond acceptors (Lipinski definition) is 8. The number of carbonyl (C=O) groups excluding carboxylic acids is 3. The molecule has 14 nitrogen and oxygen atoms in total. The number of guanidine groups is 1. The maximum absolute atomic E-state index is 13.4. The molecule has 2 aromatic carbocycles. The van der Waals surface area contributed by atoms with Crippen molar-refractivity contribution < 1.29 is 32.7 Å². The molecule has 0 saturated carbocycles. The van der Waals surface area contributed by atoms with E-state index in [4.69, 9.17) is 27.9 Å². The van der Waals surface area contributed by atoms with E-state index in [1.807, 2.05) is 25.1 Å². The van der Waals surface area contributed by atoms with Gasteiger partial charge in [-0.25, -0.2) is 8.42 Å². The van der Waals surface area contributed by atoms with Gasteiger partial charge in [0.25, 0.3) is 0 Å². The quantitative estimate of drug-likeness (QED) is 0.0721. The Balaban J connectivity index is 2.17. The maximum atomic E-state index is 13.4. The van der Waals surface area contributed by atoms with Crippen molar-refractivity contribution in [1.29, 1.82) is 5.41 Å². The number of nitrogens with two attached hydrogens (primary N) is 1. The van der Waals surface area contributed by atoms with Crippen molar-refractivity contribution in [2.45, 2.75) is 42.7 Å². The predicted molar refractivity (Wildman–Crippen MR) is 159 cm³/mol. The van der Waals surface area contributed by atoms with Crippen LogP contribution in [0.15, 0.2) is 41.3 Å². The van der Waals surface area contributed by atoms with Crippen LogP contribution in [0.25, 0.3) is 10.8 Å². The molecule has 0 spiro atoms. The van der Waals surface area contributed by atoms with E-state index < -0.39 is 58.6 Å². The second-order valence-corrected chi connectivity index (χ2v) is 11.4. The highest BCUT2D eigenvalue weighted by Gasteiger charge is 2.28. The molecule has 1 radical (unpaired) electrons. The molecule has 2 amide bonds. The summed E-state index contributed by atoms with van der Waals surface area (Å²) in [7, 11) is -0.701. The van der Waals surface area contributed by atoms with Crippen LogP contribution in [0.5, 0.6) is 0 Å². The fourth-order valence-electron chi connectivity index (χ4n) is 4.08. The molecule has 8 N–H and O–H groups in total. The van der Waals surface area contributed by atoms with Gasteiger partial charge in [0.1, 0.15) is 11.9 Å². The molecule has 16 heteroatoms. The van der Waals surface area contributed by atoms with Gasteiger partial charge in [-0.15, -0.1) is 11.6 Å². The van der Waals surface area contributed by atoms with E-state index in [0.717, 1.165) is 11.6 Å². The number of nitrogens with zero attached hydrogens (tertiary/aromatic N) is 1. The van der Waals surface area contributed by atoms with Gasteiger partial charge in [-0.3, -0.25) is 24.6 Å². The third-order valence-electron chi connectivity index (χ3n) is 6.09. The van der Waals surface area contributed by atoms with E-state index in [9.17, 15) is 27.6 Å². The van der Waals surface area contributed by atoms with Crippen LogP contribution < -0.4 is 31.3 Å². The van der Waals surface area contributed by atoms with Gasteiger partial charge in [-0.1, -0.05) is 24.3 Å². The smallest absolute Gasteiger partial charge is 0.303 e. The molecule has 0 saturated heterocycles. The zero-order valence-corrected chi connectivity index (χ0v) is 24.7. The Morgan fingerprint density at radius 1 is 1.05 bits per heavy atom. The maximum Gasteiger partial charge on any atom is 0.303 e. The Morgan fingerprint density at radius 2 is 1.71 bits per heavy atom. The number of amides is 2. The minimum Gasteiger partial charge on any atom is -0.481 e. The molecule has 0 heterocycles. The van der Waals surface area contributed by atoms with E-state index in [0.29, 0.717) is 17.2 Å². The number of ketones is 1. The Bertz CT molecular complexity index is 1420. The van der Waals surface area contributed by atoms with Crippen molar-refractivity contribution in [2.24, 2.45) is 5.73 Å². The van der Waals surface area contributed by atoms with Crippen LogP contribution in [0.3, 0.4) is 0 Å². The monoisotopic (exact) mass is 624 g/mol. The number of rotatable bonds is 17. The van der Waals surface area contributed by atoms with Gasteiger partial charge in [-0.2, -0.15) is 4.72 Å². The van der Waals surface area contributed by atoms with E-state index >= 15 is 0 Å². The molecule has 0 fully saturated rings. The standard InChI is InChI=1S/C26H35ClN7O7S/c1-34(2)20-9-3-7-17-16(20)6-4-10-22(17)42(40,41)33-19(11-12-24(37)38)25(39)31-15-23(36)32-18(21(35)14-27)8-5-13-30-26(28)29/h3-4,6-7,9-10,14,18-19,33H,5,8,11-13,15H2,1-2H3,(H,31,39)(H,32,36)(H,37,38)(H4,28,29,30)/t18-,19-/m0/s1. The molecule has 2 rings (SSSR count). The lowest BCUT2D eigenvalue weighted by molar-refractivity contribution is -0.137. The first-order valence-electron chi connectivity index (χ1n) is 12.8. The van der Waals surface area contributed by atoms with Gasteiger partial charge in [-0.05, 0) is 31.4 Å². The molecule has 2 atom stereocenters. The van der Waals surface area contributed by atoms with Crippen LogP contribution in [0, 0.1) is 11.3 Å². The lowest BCUT2D eigenvalue weighted by atomic mass is 10.1. The predicted octanol–water partition coefficient (Wildman–Crippen LogP) is 0.251. The number of fused-ring (bicyclic) bond motifs is 1. The lowest BCUT2D eigenvalue weighted by Gasteiger charge is -2.21. The van der Waals surface area contributed by atoms with Crippen LogP contribution in [0.4, 0.5) is 5.69 Å². The number of halogens is 1. The van der Waals surface area contributed by atoms with Crippen molar-refractivity contribution in [3.63, 3.8) is 0 Å². The van der Waals surface area contributed by atoms with Crippen LogP contribution in [-0.2, 0) is 29.2 Å². The molecular weight excluding hydrogens is 590 g/mol.